The summed E-state index contributed by atoms with van der Waals surface area (Å²) in [6, 6.07) is 3.98. The Bertz CT molecular complexity index is 531. The first-order valence-corrected chi connectivity index (χ1v) is 5.43. The minimum absolute atomic E-state index is 0.186. The Morgan fingerprint density at radius 1 is 1.28 bits per heavy atom. The summed E-state index contributed by atoms with van der Waals surface area (Å²) in [6.45, 7) is -0.562. The van der Waals surface area contributed by atoms with E-state index in [1.165, 1.54) is 18.2 Å². The molecule has 7 heteroatoms. The van der Waals surface area contributed by atoms with Crippen molar-refractivity contribution in [2.24, 2.45) is 0 Å². The van der Waals surface area contributed by atoms with E-state index in [4.69, 9.17) is 11.6 Å². The number of nitrogens with one attached hydrogen (secondary N) is 1. The molecule has 1 aromatic carbocycles. The van der Waals surface area contributed by atoms with Crippen molar-refractivity contribution in [3.8, 4) is 0 Å². The summed E-state index contributed by atoms with van der Waals surface area (Å²) in [5.74, 6) is -2.79. The van der Waals surface area contributed by atoms with Crippen LogP contribution in [0.4, 0.5) is 4.39 Å². The van der Waals surface area contributed by atoms with E-state index in [0.29, 0.717) is 0 Å². The first kappa shape index (κ1) is 12.5. The lowest BCUT2D eigenvalue weighted by Gasteiger charge is -2.25. The maximum absolute atomic E-state index is 13.6. The monoisotopic (exact) mass is 270 g/mol. The molecule has 94 valence electrons. The number of rotatable bonds is 1. The Morgan fingerprint density at radius 3 is 2.50 bits per heavy atom. The van der Waals surface area contributed by atoms with E-state index in [9.17, 15) is 18.8 Å². The highest BCUT2D eigenvalue weighted by molar-refractivity contribution is 6.31. The lowest BCUT2D eigenvalue weighted by atomic mass is 10.1. The average Bonchev–Trinajstić information content (AvgIpc) is 2.30. The zero-order valence-electron chi connectivity index (χ0n) is 9.07. The van der Waals surface area contributed by atoms with Crippen LogP contribution in [0.1, 0.15) is 10.4 Å². The van der Waals surface area contributed by atoms with Gasteiger partial charge in [0.15, 0.2) is 5.82 Å². The highest BCUT2D eigenvalue weighted by Crippen LogP contribution is 2.19. The standard InChI is InChI=1S/C11H8ClFN2O3/c12-7-3-1-2-6(10(7)13)11(18)15-4-8(16)14-9(17)5-15/h1-3H,4-5H2,(H,14,16,17). The van der Waals surface area contributed by atoms with E-state index < -0.39 is 23.5 Å². The normalized spacial score (nSPS) is 15.6. The topological polar surface area (TPSA) is 66.5 Å². The molecule has 1 saturated heterocycles. The van der Waals surface area contributed by atoms with Gasteiger partial charge >= 0.3 is 0 Å². The van der Waals surface area contributed by atoms with Crippen molar-refractivity contribution in [1.82, 2.24) is 10.2 Å². The van der Waals surface area contributed by atoms with Gasteiger partial charge in [0.25, 0.3) is 5.91 Å². The van der Waals surface area contributed by atoms with Crippen LogP contribution in [-0.4, -0.2) is 35.7 Å². The SMILES string of the molecule is O=C1CN(C(=O)c2cccc(Cl)c2F)CC(=O)N1. The summed E-state index contributed by atoms with van der Waals surface area (Å²) in [5.41, 5.74) is -0.259. The number of carbonyl (C=O) groups is 3. The third-order valence-corrected chi connectivity index (χ3v) is 2.71. The van der Waals surface area contributed by atoms with Crippen LogP contribution in [0.2, 0.25) is 5.02 Å². The van der Waals surface area contributed by atoms with Gasteiger partial charge in [-0.15, -0.1) is 0 Å². The van der Waals surface area contributed by atoms with E-state index in [0.717, 1.165) is 4.90 Å². The Balaban J connectivity index is 2.28. The Morgan fingerprint density at radius 2 is 1.89 bits per heavy atom. The fraction of sp³-hybridized carbons (Fsp3) is 0.182. The lowest BCUT2D eigenvalue weighted by molar-refractivity contribution is -0.135. The van der Waals surface area contributed by atoms with Crippen molar-refractivity contribution in [3.05, 3.63) is 34.6 Å². The van der Waals surface area contributed by atoms with Gasteiger partial charge in [-0.1, -0.05) is 17.7 Å². The van der Waals surface area contributed by atoms with E-state index in [1.807, 2.05) is 0 Å². The van der Waals surface area contributed by atoms with Crippen LogP contribution in [-0.2, 0) is 9.59 Å². The van der Waals surface area contributed by atoms with Gasteiger partial charge in [-0.2, -0.15) is 0 Å². The second kappa shape index (κ2) is 4.73. The highest BCUT2D eigenvalue weighted by atomic mass is 35.5. The summed E-state index contributed by atoms with van der Waals surface area (Å²) < 4.78 is 13.6. The minimum atomic E-state index is -0.859. The quantitative estimate of drug-likeness (QED) is 0.759. The molecule has 1 fully saturated rings. The molecule has 0 bridgehead atoms. The molecule has 2 rings (SSSR count). The molecule has 0 radical (unpaired) electrons. The van der Waals surface area contributed by atoms with Crippen LogP contribution >= 0.6 is 11.6 Å². The summed E-state index contributed by atoms with van der Waals surface area (Å²) >= 11 is 5.56. The van der Waals surface area contributed by atoms with Crippen LogP contribution in [0, 0.1) is 5.82 Å². The second-order valence-corrected chi connectivity index (χ2v) is 4.14. The second-order valence-electron chi connectivity index (χ2n) is 3.73. The number of nitrogens with zero attached hydrogens (tertiary/aromatic N) is 1. The molecule has 1 heterocycles. The molecule has 0 atom stereocenters. The fourth-order valence-corrected chi connectivity index (χ4v) is 1.79. The first-order valence-electron chi connectivity index (χ1n) is 5.05. The van der Waals surface area contributed by atoms with Crippen molar-refractivity contribution in [1.29, 1.82) is 0 Å². The molecule has 0 aromatic heterocycles. The van der Waals surface area contributed by atoms with E-state index in [1.54, 1.807) is 0 Å². The number of benzene rings is 1. The largest absolute Gasteiger partial charge is 0.320 e. The van der Waals surface area contributed by atoms with E-state index in [-0.39, 0.29) is 23.7 Å². The maximum Gasteiger partial charge on any atom is 0.257 e. The number of hydrogen-bond acceptors (Lipinski definition) is 3. The summed E-state index contributed by atoms with van der Waals surface area (Å²) in [7, 11) is 0. The number of piperazine rings is 1. The molecule has 1 aromatic rings. The van der Waals surface area contributed by atoms with Crippen molar-refractivity contribution in [2.45, 2.75) is 0 Å². The molecule has 0 saturated carbocycles. The van der Waals surface area contributed by atoms with Crippen LogP contribution < -0.4 is 5.32 Å². The smallest absolute Gasteiger partial charge is 0.257 e. The van der Waals surface area contributed by atoms with Crippen LogP contribution in [0.5, 0.6) is 0 Å². The van der Waals surface area contributed by atoms with E-state index >= 15 is 0 Å². The lowest BCUT2D eigenvalue weighted by Crippen LogP contribution is -2.53. The van der Waals surface area contributed by atoms with Crippen molar-refractivity contribution >= 4 is 29.3 Å². The van der Waals surface area contributed by atoms with Gasteiger partial charge in [0.05, 0.1) is 10.6 Å². The van der Waals surface area contributed by atoms with Gasteiger partial charge in [-0.25, -0.2) is 4.39 Å². The molecule has 5 nitrogen and oxygen atoms in total. The molecule has 1 aliphatic rings. The number of hydrogen-bond donors (Lipinski definition) is 1. The molecule has 1 N–H and O–H groups in total. The van der Waals surface area contributed by atoms with Crippen molar-refractivity contribution in [2.75, 3.05) is 13.1 Å². The molecule has 0 spiro atoms. The summed E-state index contributed by atoms with van der Waals surface area (Å²) in [4.78, 5) is 35.2. The molecular formula is C11H8ClFN2O3. The molecule has 3 amide bonds. The molecule has 0 aliphatic carbocycles. The predicted octanol–water partition coefficient (Wildman–Crippen LogP) is 0.578. The molecule has 18 heavy (non-hydrogen) atoms. The number of halogens is 2. The molecule has 0 unspecified atom stereocenters. The third kappa shape index (κ3) is 2.33. The van der Waals surface area contributed by atoms with Gasteiger partial charge in [0.2, 0.25) is 11.8 Å². The molecular weight excluding hydrogens is 263 g/mol. The van der Waals surface area contributed by atoms with Gasteiger partial charge in [0, 0.05) is 0 Å². The predicted molar refractivity (Wildman–Crippen MR) is 60.5 cm³/mol. The Kier molecular flexibility index (Phi) is 3.29. The average molecular weight is 271 g/mol. The van der Waals surface area contributed by atoms with Crippen LogP contribution in [0.25, 0.3) is 0 Å². The zero-order valence-corrected chi connectivity index (χ0v) is 9.83. The van der Waals surface area contributed by atoms with Gasteiger partial charge in [-0.3, -0.25) is 19.7 Å². The van der Waals surface area contributed by atoms with Gasteiger partial charge in [0.1, 0.15) is 13.1 Å². The maximum atomic E-state index is 13.6. The molecule has 1 aliphatic heterocycles. The minimum Gasteiger partial charge on any atom is -0.320 e. The van der Waals surface area contributed by atoms with Gasteiger partial charge < -0.3 is 4.90 Å². The van der Waals surface area contributed by atoms with Crippen LogP contribution in [0.15, 0.2) is 18.2 Å². The zero-order chi connectivity index (χ0) is 13.3. The third-order valence-electron chi connectivity index (χ3n) is 2.42. The highest BCUT2D eigenvalue weighted by Gasteiger charge is 2.28. The number of imide groups is 1. The van der Waals surface area contributed by atoms with E-state index in [2.05, 4.69) is 5.32 Å². The first-order chi connectivity index (χ1) is 8.49. The Labute approximate surface area is 107 Å². The van der Waals surface area contributed by atoms with Crippen LogP contribution in [0.3, 0.4) is 0 Å². The Hall–Kier alpha value is -1.95. The van der Waals surface area contributed by atoms with Gasteiger partial charge in [-0.05, 0) is 12.1 Å². The summed E-state index contributed by atoms with van der Waals surface area (Å²) in [5, 5.41) is 1.86. The summed E-state index contributed by atoms with van der Waals surface area (Å²) in [6.07, 6.45) is 0. The van der Waals surface area contributed by atoms with Crippen molar-refractivity contribution in [3.63, 3.8) is 0 Å². The number of carbonyl (C=O) groups excluding carboxylic acids is 3. The number of amides is 3. The fourth-order valence-electron chi connectivity index (χ4n) is 1.62. The van der Waals surface area contributed by atoms with Crippen molar-refractivity contribution < 1.29 is 18.8 Å².